The number of hydrogen-bond donors (Lipinski definition) is 1. The number of carbonyl (C=O) groups is 2. The summed E-state index contributed by atoms with van der Waals surface area (Å²) in [4.78, 5) is 32.9. The summed E-state index contributed by atoms with van der Waals surface area (Å²) in [6.45, 7) is 0. The Balaban J connectivity index is 2.08. The highest BCUT2D eigenvalue weighted by atomic mass is 16.6. The molecular weight excluding hydrogens is 302 g/mol. The van der Waals surface area contributed by atoms with E-state index in [0.717, 1.165) is 23.8 Å². The highest BCUT2D eigenvalue weighted by Crippen LogP contribution is 2.24. The third kappa shape index (κ3) is 4.37. The Hall–Kier alpha value is -3.22. The summed E-state index contributed by atoms with van der Waals surface area (Å²) in [5, 5.41) is 19.8. The molecule has 0 aliphatic heterocycles. The van der Waals surface area contributed by atoms with Crippen LogP contribution in [0.3, 0.4) is 0 Å². The van der Waals surface area contributed by atoms with Crippen LogP contribution in [0.15, 0.2) is 48.5 Å². The van der Waals surface area contributed by atoms with Gasteiger partial charge in [-0.25, -0.2) is 4.79 Å². The Labute approximate surface area is 131 Å². The molecule has 0 atom stereocenters. The topological polar surface area (TPSA) is 107 Å². The molecule has 2 rings (SSSR count). The second-order valence-electron chi connectivity index (χ2n) is 4.70. The van der Waals surface area contributed by atoms with Gasteiger partial charge in [0.15, 0.2) is 0 Å². The molecule has 0 heterocycles. The predicted octanol–water partition coefficient (Wildman–Crippen LogP) is 2.83. The summed E-state index contributed by atoms with van der Waals surface area (Å²) in [5.74, 6) is -2.22. The van der Waals surface area contributed by atoms with Crippen LogP contribution in [-0.4, -0.2) is 22.0 Å². The van der Waals surface area contributed by atoms with Gasteiger partial charge in [-0.15, -0.1) is 0 Å². The molecule has 0 aliphatic carbocycles. The van der Waals surface area contributed by atoms with E-state index in [0.29, 0.717) is 6.42 Å². The molecule has 0 aromatic heterocycles. The van der Waals surface area contributed by atoms with Gasteiger partial charge in [0.25, 0.3) is 5.69 Å². The number of aryl methyl sites for hydroxylation is 1. The van der Waals surface area contributed by atoms with Crippen molar-refractivity contribution in [2.45, 2.75) is 12.8 Å². The van der Waals surface area contributed by atoms with Gasteiger partial charge in [0, 0.05) is 18.6 Å². The summed E-state index contributed by atoms with van der Waals surface area (Å²) in [5.41, 5.74) is 0.144. The Morgan fingerprint density at radius 3 is 2.43 bits per heavy atom. The third-order valence-electron chi connectivity index (χ3n) is 3.09. The van der Waals surface area contributed by atoms with Gasteiger partial charge in [0.05, 0.1) is 4.92 Å². The predicted molar refractivity (Wildman–Crippen MR) is 80.5 cm³/mol. The van der Waals surface area contributed by atoms with Crippen molar-refractivity contribution in [2.75, 3.05) is 0 Å². The molecule has 0 radical (unpaired) electrons. The van der Waals surface area contributed by atoms with E-state index in [1.807, 2.05) is 30.3 Å². The summed E-state index contributed by atoms with van der Waals surface area (Å²) in [6.07, 6.45) is 0.523. The zero-order valence-electron chi connectivity index (χ0n) is 12.0. The first-order chi connectivity index (χ1) is 11.0. The number of aromatic carboxylic acids is 1. The average Bonchev–Trinajstić information content (AvgIpc) is 2.54. The fourth-order valence-corrected chi connectivity index (χ4v) is 1.95. The van der Waals surface area contributed by atoms with E-state index < -0.39 is 22.4 Å². The fourth-order valence-electron chi connectivity index (χ4n) is 1.95. The molecule has 2 aromatic carbocycles. The van der Waals surface area contributed by atoms with E-state index in [4.69, 9.17) is 9.84 Å². The minimum atomic E-state index is -1.40. The first kappa shape index (κ1) is 16.2. The normalized spacial score (nSPS) is 10.1. The molecule has 0 fully saturated rings. The zero-order chi connectivity index (χ0) is 16.8. The standard InChI is InChI=1S/C16H13NO6/c18-15(9-6-11-4-2-1-3-5-11)23-14-8-7-12(17(21)22)10-13(14)16(19)20/h1-5,7-8,10H,6,9H2,(H,19,20). The first-order valence-electron chi connectivity index (χ1n) is 6.73. The van der Waals surface area contributed by atoms with Crippen LogP contribution >= 0.6 is 0 Å². The van der Waals surface area contributed by atoms with Crippen LogP contribution in [0.1, 0.15) is 22.3 Å². The van der Waals surface area contributed by atoms with Gasteiger partial charge in [-0.2, -0.15) is 0 Å². The molecule has 23 heavy (non-hydrogen) atoms. The number of rotatable bonds is 6. The smallest absolute Gasteiger partial charge is 0.339 e. The van der Waals surface area contributed by atoms with Crippen molar-refractivity contribution in [3.63, 3.8) is 0 Å². The quantitative estimate of drug-likeness (QED) is 0.380. The van der Waals surface area contributed by atoms with E-state index in [1.54, 1.807) is 0 Å². The average molecular weight is 315 g/mol. The number of carbonyl (C=O) groups excluding carboxylic acids is 1. The number of ether oxygens (including phenoxy) is 1. The van der Waals surface area contributed by atoms with Crippen molar-refractivity contribution in [1.29, 1.82) is 0 Å². The molecule has 7 heteroatoms. The number of hydrogen-bond acceptors (Lipinski definition) is 5. The van der Waals surface area contributed by atoms with E-state index in [9.17, 15) is 19.7 Å². The zero-order valence-corrected chi connectivity index (χ0v) is 12.0. The molecule has 0 aliphatic rings. The number of nitro benzene ring substituents is 1. The number of non-ortho nitro benzene ring substituents is 1. The summed E-state index contributed by atoms with van der Waals surface area (Å²) in [6, 6.07) is 12.3. The summed E-state index contributed by atoms with van der Waals surface area (Å²) < 4.78 is 5.02. The Morgan fingerprint density at radius 2 is 1.83 bits per heavy atom. The Kier molecular flexibility index (Phi) is 5.03. The lowest BCUT2D eigenvalue weighted by Gasteiger charge is -2.07. The van der Waals surface area contributed by atoms with Crippen molar-refractivity contribution >= 4 is 17.6 Å². The van der Waals surface area contributed by atoms with Crippen molar-refractivity contribution in [3.05, 3.63) is 69.8 Å². The lowest BCUT2D eigenvalue weighted by atomic mass is 10.1. The van der Waals surface area contributed by atoms with Crippen molar-refractivity contribution in [3.8, 4) is 5.75 Å². The maximum atomic E-state index is 11.8. The highest BCUT2D eigenvalue weighted by Gasteiger charge is 2.19. The lowest BCUT2D eigenvalue weighted by molar-refractivity contribution is -0.384. The van der Waals surface area contributed by atoms with Crippen LogP contribution in [0.5, 0.6) is 5.75 Å². The van der Waals surface area contributed by atoms with Gasteiger partial charge in [-0.3, -0.25) is 14.9 Å². The second kappa shape index (κ2) is 7.17. The minimum absolute atomic E-state index is 0.0695. The van der Waals surface area contributed by atoms with Crippen LogP contribution < -0.4 is 4.74 Å². The molecule has 0 spiro atoms. The minimum Gasteiger partial charge on any atom is -0.478 e. The van der Waals surface area contributed by atoms with Crippen LogP contribution in [-0.2, 0) is 11.2 Å². The van der Waals surface area contributed by atoms with Crippen LogP contribution in [0.25, 0.3) is 0 Å². The maximum Gasteiger partial charge on any atom is 0.339 e. The highest BCUT2D eigenvalue weighted by molar-refractivity contribution is 5.92. The van der Waals surface area contributed by atoms with E-state index >= 15 is 0 Å². The van der Waals surface area contributed by atoms with E-state index in [2.05, 4.69) is 0 Å². The largest absolute Gasteiger partial charge is 0.478 e. The van der Waals surface area contributed by atoms with E-state index in [1.165, 1.54) is 0 Å². The van der Waals surface area contributed by atoms with Crippen LogP contribution in [0, 0.1) is 10.1 Å². The van der Waals surface area contributed by atoms with Crippen LogP contribution in [0.4, 0.5) is 5.69 Å². The molecule has 0 saturated heterocycles. The molecular formula is C16H13NO6. The molecule has 1 N–H and O–H groups in total. The number of carboxylic acid groups (broad SMARTS) is 1. The van der Waals surface area contributed by atoms with Gasteiger partial charge in [-0.1, -0.05) is 30.3 Å². The second-order valence-corrected chi connectivity index (χ2v) is 4.70. The maximum absolute atomic E-state index is 11.8. The Morgan fingerprint density at radius 1 is 1.13 bits per heavy atom. The fraction of sp³-hybridized carbons (Fsp3) is 0.125. The molecule has 0 amide bonds. The number of benzene rings is 2. The molecule has 0 bridgehead atoms. The molecule has 7 nitrogen and oxygen atoms in total. The SMILES string of the molecule is O=C(CCc1ccccc1)Oc1ccc([N+](=O)[O-])cc1C(=O)O. The van der Waals surface area contributed by atoms with Gasteiger partial charge < -0.3 is 9.84 Å². The van der Waals surface area contributed by atoms with Gasteiger partial charge >= 0.3 is 11.9 Å². The van der Waals surface area contributed by atoms with E-state index in [-0.39, 0.29) is 17.9 Å². The summed E-state index contributed by atoms with van der Waals surface area (Å²) in [7, 11) is 0. The molecule has 2 aromatic rings. The number of esters is 1. The third-order valence-corrected chi connectivity index (χ3v) is 3.09. The monoisotopic (exact) mass is 315 g/mol. The molecule has 118 valence electrons. The summed E-state index contributed by atoms with van der Waals surface area (Å²) >= 11 is 0. The molecule has 0 saturated carbocycles. The van der Waals surface area contributed by atoms with Crippen LogP contribution in [0.2, 0.25) is 0 Å². The van der Waals surface area contributed by atoms with Gasteiger partial charge in [-0.05, 0) is 18.1 Å². The first-order valence-corrected chi connectivity index (χ1v) is 6.73. The van der Waals surface area contributed by atoms with Crippen molar-refractivity contribution in [1.82, 2.24) is 0 Å². The number of nitro groups is 1. The van der Waals surface area contributed by atoms with Gasteiger partial charge in [0.1, 0.15) is 11.3 Å². The Bertz CT molecular complexity index is 741. The van der Waals surface area contributed by atoms with Gasteiger partial charge in [0.2, 0.25) is 0 Å². The molecule has 0 unspecified atom stereocenters. The lowest BCUT2D eigenvalue weighted by Crippen LogP contribution is -2.12. The number of nitrogens with zero attached hydrogens (tertiary/aromatic N) is 1. The number of carboxylic acids is 1. The van der Waals surface area contributed by atoms with Crippen molar-refractivity contribution in [2.24, 2.45) is 0 Å². The van der Waals surface area contributed by atoms with Crippen molar-refractivity contribution < 1.29 is 24.4 Å².